The van der Waals surface area contributed by atoms with E-state index >= 15 is 0 Å². The van der Waals surface area contributed by atoms with Crippen LogP contribution in [0, 0.1) is 5.82 Å². The number of halogens is 2. The van der Waals surface area contributed by atoms with Crippen LogP contribution >= 0.6 is 11.6 Å². The topological polar surface area (TPSA) is 51.0 Å². The van der Waals surface area contributed by atoms with Gasteiger partial charge in [-0.2, -0.15) is 4.98 Å². The molecule has 4 nitrogen and oxygen atoms in total. The molecule has 2 aromatic rings. The standard InChI is InChI=1S/C14H17ClFN3O/c1-4-13-18-12(19-20-13)8-17-14(2,3)10-6-5-9(16)7-11(10)15/h5-7,17H,4,8H2,1-3H3. The van der Waals surface area contributed by atoms with Crippen LogP contribution in [0.3, 0.4) is 0 Å². The van der Waals surface area contributed by atoms with E-state index in [1.54, 1.807) is 6.07 Å². The van der Waals surface area contributed by atoms with Crippen molar-refractivity contribution in [2.24, 2.45) is 0 Å². The van der Waals surface area contributed by atoms with Gasteiger partial charge in [-0.1, -0.05) is 29.7 Å². The summed E-state index contributed by atoms with van der Waals surface area (Å²) in [5.41, 5.74) is 0.386. The summed E-state index contributed by atoms with van der Waals surface area (Å²) in [5, 5.41) is 7.57. The minimum Gasteiger partial charge on any atom is -0.339 e. The van der Waals surface area contributed by atoms with Crippen molar-refractivity contribution in [1.29, 1.82) is 0 Å². The summed E-state index contributed by atoms with van der Waals surface area (Å²) in [6, 6.07) is 4.39. The Morgan fingerprint density at radius 3 is 2.75 bits per heavy atom. The molecule has 108 valence electrons. The Hall–Kier alpha value is -1.46. The van der Waals surface area contributed by atoms with E-state index in [4.69, 9.17) is 16.1 Å². The van der Waals surface area contributed by atoms with Gasteiger partial charge in [-0.05, 0) is 31.5 Å². The summed E-state index contributed by atoms with van der Waals surface area (Å²) in [4.78, 5) is 4.23. The highest BCUT2D eigenvalue weighted by atomic mass is 35.5. The molecule has 1 aromatic carbocycles. The van der Waals surface area contributed by atoms with E-state index in [1.807, 2.05) is 20.8 Å². The molecule has 0 fully saturated rings. The molecule has 0 aliphatic heterocycles. The van der Waals surface area contributed by atoms with Gasteiger partial charge in [0.1, 0.15) is 5.82 Å². The second-order valence-corrected chi connectivity index (χ2v) is 5.47. The maximum Gasteiger partial charge on any atom is 0.226 e. The fraction of sp³-hybridized carbons (Fsp3) is 0.429. The number of hydrogen-bond acceptors (Lipinski definition) is 4. The number of benzene rings is 1. The van der Waals surface area contributed by atoms with Gasteiger partial charge in [-0.25, -0.2) is 4.39 Å². The van der Waals surface area contributed by atoms with Gasteiger partial charge in [0, 0.05) is 17.0 Å². The van der Waals surface area contributed by atoms with Crippen molar-refractivity contribution in [1.82, 2.24) is 15.5 Å². The molecule has 0 aliphatic rings. The molecular formula is C14H17ClFN3O. The zero-order chi connectivity index (χ0) is 14.8. The molecule has 0 saturated carbocycles. The molecule has 0 unspecified atom stereocenters. The Balaban J connectivity index is 2.10. The summed E-state index contributed by atoms with van der Waals surface area (Å²) in [7, 11) is 0. The van der Waals surface area contributed by atoms with Gasteiger partial charge in [0.25, 0.3) is 0 Å². The van der Waals surface area contributed by atoms with Gasteiger partial charge in [0.2, 0.25) is 5.89 Å². The molecule has 1 heterocycles. The van der Waals surface area contributed by atoms with Crippen molar-refractivity contribution in [2.75, 3.05) is 0 Å². The number of aryl methyl sites for hydroxylation is 1. The molecule has 0 spiro atoms. The van der Waals surface area contributed by atoms with Crippen molar-refractivity contribution in [2.45, 2.75) is 39.3 Å². The summed E-state index contributed by atoms with van der Waals surface area (Å²) in [6.45, 7) is 6.33. The Labute approximate surface area is 122 Å². The highest BCUT2D eigenvalue weighted by Gasteiger charge is 2.23. The van der Waals surface area contributed by atoms with Crippen LogP contribution < -0.4 is 5.32 Å². The maximum atomic E-state index is 13.1. The third kappa shape index (κ3) is 3.35. The quantitative estimate of drug-likeness (QED) is 0.918. The number of hydrogen-bond donors (Lipinski definition) is 1. The first kappa shape index (κ1) is 14.9. The number of nitrogens with one attached hydrogen (secondary N) is 1. The van der Waals surface area contributed by atoms with Gasteiger partial charge in [0.05, 0.1) is 6.54 Å². The Morgan fingerprint density at radius 1 is 1.40 bits per heavy atom. The lowest BCUT2D eigenvalue weighted by molar-refractivity contribution is 0.361. The summed E-state index contributed by atoms with van der Waals surface area (Å²) >= 11 is 6.09. The summed E-state index contributed by atoms with van der Waals surface area (Å²) in [6.07, 6.45) is 0.709. The molecule has 0 amide bonds. The van der Waals surface area contributed by atoms with E-state index in [0.717, 1.165) is 5.56 Å². The van der Waals surface area contributed by atoms with Crippen molar-refractivity contribution < 1.29 is 8.91 Å². The largest absolute Gasteiger partial charge is 0.339 e. The lowest BCUT2D eigenvalue weighted by atomic mass is 9.94. The number of nitrogens with zero attached hydrogens (tertiary/aromatic N) is 2. The highest BCUT2D eigenvalue weighted by molar-refractivity contribution is 6.31. The first-order valence-corrected chi connectivity index (χ1v) is 6.82. The predicted molar refractivity (Wildman–Crippen MR) is 75.0 cm³/mol. The maximum absolute atomic E-state index is 13.1. The Kier molecular flexibility index (Phi) is 4.40. The molecule has 0 radical (unpaired) electrons. The fourth-order valence-electron chi connectivity index (χ4n) is 1.90. The molecule has 2 rings (SSSR count). The van der Waals surface area contributed by atoms with Crippen LogP contribution in [0.15, 0.2) is 22.7 Å². The first-order chi connectivity index (χ1) is 9.42. The van der Waals surface area contributed by atoms with Crippen LogP contribution in [0.5, 0.6) is 0 Å². The smallest absolute Gasteiger partial charge is 0.226 e. The van der Waals surface area contributed by atoms with Gasteiger partial charge in [0.15, 0.2) is 5.82 Å². The third-order valence-corrected chi connectivity index (χ3v) is 3.42. The van der Waals surface area contributed by atoms with E-state index in [-0.39, 0.29) is 5.82 Å². The molecule has 0 saturated heterocycles. The molecule has 6 heteroatoms. The average Bonchev–Trinajstić information content (AvgIpc) is 2.84. The minimum atomic E-state index is -0.433. The molecule has 0 aliphatic carbocycles. The average molecular weight is 298 g/mol. The van der Waals surface area contributed by atoms with Crippen LogP contribution in [-0.2, 0) is 18.5 Å². The molecule has 1 N–H and O–H groups in total. The van der Waals surface area contributed by atoms with Crippen molar-refractivity contribution in [3.05, 3.63) is 46.3 Å². The normalized spacial score (nSPS) is 11.8. The van der Waals surface area contributed by atoms with E-state index in [9.17, 15) is 4.39 Å². The van der Waals surface area contributed by atoms with E-state index in [1.165, 1.54) is 12.1 Å². The van der Waals surface area contributed by atoms with Crippen molar-refractivity contribution >= 4 is 11.6 Å². The van der Waals surface area contributed by atoms with E-state index in [0.29, 0.717) is 29.7 Å². The van der Waals surface area contributed by atoms with Crippen LogP contribution in [0.25, 0.3) is 0 Å². The summed E-state index contributed by atoms with van der Waals surface area (Å²) in [5.74, 6) is 0.855. The molecule has 0 atom stereocenters. The minimum absolute atomic E-state index is 0.347. The third-order valence-electron chi connectivity index (χ3n) is 3.11. The van der Waals surface area contributed by atoms with Gasteiger partial charge in [-0.15, -0.1) is 0 Å². The van der Waals surface area contributed by atoms with Gasteiger partial charge < -0.3 is 9.84 Å². The lowest BCUT2D eigenvalue weighted by Crippen LogP contribution is -2.36. The second-order valence-electron chi connectivity index (χ2n) is 5.06. The fourth-order valence-corrected chi connectivity index (χ4v) is 2.30. The summed E-state index contributed by atoms with van der Waals surface area (Å²) < 4.78 is 18.1. The predicted octanol–water partition coefficient (Wildman–Crippen LogP) is 3.45. The molecule has 0 bridgehead atoms. The molecule has 1 aromatic heterocycles. The lowest BCUT2D eigenvalue weighted by Gasteiger charge is -2.27. The van der Waals surface area contributed by atoms with Crippen molar-refractivity contribution in [3.63, 3.8) is 0 Å². The van der Waals surface area contributed by atoms with Gasteiger partial charge >= 0.3 is 0 Å². The first-order valence-electron chi connectivity index (χ1n) is 6.44. The van der Waals surface area contributed by atoms with Crippen LogP contribution in [-0.4, -0.2) is 10.1 Å². The van der Waals surface area contributed by atoms with E-state index in [2.05, 4.69) is 15.5 Å². The molecule has 20 heavy (non-hydrogen) atoms. The van der Waals surface area contributed by atoms with Crippen LogP contribution in [0.2, 0.25) is 5.02 Å². The number of aromatic nitrogens is 2. The SMILES string of the molecule is CCc1nc(CNC(C)(C)c2ccc(F)cc2Cl)no1. The van der Waals surface area contributed by atoms with Crippen LogP contribution in [0.1, 0.15) is 38.0 Å². The highest BCUT2D eigenvalue weighted by Crippen LogP contribution is 2.28. The second kappa shape index (κ2) is 5.89. The molecular weight excluding hydrogens is 281 g/mol. The van der Waals surface area contributed by atoms with Gasteiger partial charge in [-0.3, -0.25) is 0 Å². The zero-order valence-corrected chi connectivity index (χ0v) is 12.5. The van der Waals surface area contributed by atoms with Crippen molar-refractivity contribution in [3.8, 4) is 0 Å². The monoisotopic (exact) mass is 297 g/mol. The number of rotatable bonds is 5. The van der Waals surface area contributed by atoms with Crippen LogP contribution in [0.4, 0.5) is 4.39 Å². The Bertz CT molecular complexity index is 598. The zero-order valence-electron chi connectivity index (χ0n) is 11.7. The Morgan fingerprint density at radius 2 is 2.15 bits per heavy atom. The van der Waals surface area contributed by atoms with E-state index < -0.39 is 5.54 Å².